The van der Waals surface area contributed by atoms with Crippen LogP contribution in [0, 0.1) is 16.7 Å². The molecule has 0 radical (unpaired) electrons. The third-order valence-corrected chi connectivity index (χ3v) is 8.50. The van der Waals surface area contributed by atoms with Crippen LogP contribution in [0.2, 0.25) is 10.0 Å². The fraction of sp³-hybridized carbons (Fsp3) is 0.435. The Morgan fingerprint density at radius 3 is 2.68 bits per heavy atom. The molecule has 1 aromatic carbocycles. The van der Waals surface area contributed by atoms with Crippen LogP contribution in [0.15, 0.2) is 30.5 Å². The minimum atomic E-state index is -0.383. The highest BCUT2D eigenvalue weighted by molar-refractivity contribution is 7.80. The van der Waals surface area contributed by atoms with Gasteiger partial charge in [-0.15, -0.1) is 0 Å². The summed E-state index contributed by atoms with van der Waals surface area (Å²) in [6, 6.07) is 6.87. The molecule has 5 nitrogen and oxygen atoms in total. The molecule has 2 unspecified atom stereocenters. The van der Waals surface area contributed by atoms with Crippen molar-refractivity contribution in [3.05, 3.63) is 51.8 Å². The van der Waals surface area contributed by atoms with Gasteiger partial charge >= 0.3 is 5.97 Å². The number of anilines is 1. The number of hydrogen-bond donors (Lipinski definition) is 0. The van der Waals surface area contributed by atoms with Crippen molar-refractivity contribution in [2.24, 2.45) is 16.7 Å². The number of fused-ring (bicyclic) bond motifs is 2. The molecule has 1 aromatic heterocycles. The number of rotatable bonds is 3. The molecule has 3 aliphatic carbocycles. The van der Waals surface area contributed by atoms with Crippen LogP contribution in [0.25, 0.3) is 0 Å². The summed E-state index contributed by atoms with van der Waals surface area (Å²) in [5.41, 5.74) is 2.07. The maximum atomic E-state index is 12.7. The van der Waals surface area contributed by atoms with Gasteiger partial charge in [0.1, 0.15) is 11.8 Å². The zero-order chi connectivity index (χ0) is 22.1. The monoisotopic (exact) mass is 476 g/mol. The molecule has 2 heterocycles. The first-order valence-electron chi connectivity index (χ1n) is 10.3. The van der Waals surface area contributed by atoms with Crippen LogP contribution >= 0.6 is 35.4 Å². The molecule has 1 aliphatic heterocycles. The summed E-state index contributed by atoms with van der Waals surface area (Å²) in [5, 5.41) is 1.20. The van der Waals surface area contributed by atoms with E-state index in [0.717, 1.165) is 18.4 Å². The van der Waals surface area contributed by atoms with Crippen LogP contribution < -0.4 is 9.64 Å². The molecule has 2 bridgehead atoms. The molecular weight excluding hydrogens is 455 g/mol. The van der Waals surface area contributed by atoms with Crippen LogP contribution in [0.4, 0.5) is 5.69 Å². The van der Waals surface area contributed by atoms with Gasteiger partial charge in [0, 0.05) is 21.9 Å². The molecule has 3 fully saturated rings. The zero-order valence-electron chi connectivity index (χ0n) is 17.4. The Morgan fingerprint density at radius 2 is 2.06 bits per heavy atom. The molecule has 162 valence electrons. The minimum Gasteiger partial charge on any atom is -0.457 e. The van der Waals surface area contributed by atoms with E-state index in [-0.39, 0.29) is 33.8 Å². The molecule has 31 heavy (non-hydrogen) atoms. The molecular formula is C23H22Cl2N2O3S. The Bertz CT molecular complexity index is 1100. The number of pyridine rings is 1. The molecule has 2 aromatic rings. The van der Waals surface area contributed by atoms with Crippen molar-refractivity contribution in [1.29, 1.82) is 0 Å². The zero-order valence-corrected chi connectivity index (χ0v) is 19.8. The van der Waals surface area contributed by atoms with Crippen molar-refractivity contribution in [1.82, 2.24) is 4.98 Å². The van der Waals surface area contributed by atoms with Crippen LogP contribution in [-0.4, -0.2) is 22.2 Å². The van der Waals surface area contributed by atoms with E-state index in [1.807, 2.05) is 0 Å². The van der Waals surface area contributed by atoms with Gasteiger partial charge in [-0.3, -0.25) is 4.90 Å². The average Bonchev–Trinajstić information content (AvgIpc) is 3.19. The molecule has 8 heteroatoms. The maximum Gasteiger partial charge on any atom is 0.357 e. The normalized spacial score (nSPS) is 27.9. The quantitative estimate of drug-likeness (QED) is 0.396. The lowest BCUT2D eigenvalue weighted by atomic mass is 9.49. The molecule has 3 atom stereocenters. The number of thiocarbonyl (C=S) groups is 1. The first kappa shape index (κ1) is 21.0. The van der Waals surface area contributed by atoms with Gasteiger partial charge in [-0.1, -0.05) is 44.0 Å². The van der Waals surface area contributed by atoms with E-state index in [0.29, 0.717) is 33.9 Å². The lowest BCUT2D eigenvalue weighted by molar-refractivity contribution is -0.174. The maximum absolute atomic E-state index is 12.7. The van der Waals surface area contributed by atoms with E-state index in [1.54, 1.807) is 35.4 Å². The summed E-state index contributed by atoms with van der Waals surface area (Å²) >= 11 is 17.7. The third-order valence-electron chi connectivity index (χ3n) is 7.69. The van der Waals surface area contributed by atoms with E-state index >= 15 is 0 Å². The topological polar surface area (TPSA) is 51.7 Å². The highest BCUT2D eigenvalue weighted by atomic mass is 35.5. The van der Waals surface area contributed by atoms with Crippen molar-refractivity contribution in [3.8, 4) is 5.75 Å². The van der Waals surface area contributed by atoms with E-state index in [2.05, 4.69) is 25.8 Å². The SMILES string of the molecule is CC1(C)C2CCC1(C)[C@H]2OC(=O)c1ccc(N2Cc3cc(Cl)cc(Cl)c3OC2=S)cn1. The minimum absolute atomic E-state index is 0.0365. The predicted octanol–water partition coefficient (Wildman–Crippen LogP) is 6.05. The van der Waals surface area contributed by atoms with E-state index < -0.39 is 0 Å². The number of carbonyl (C=O) groups excluding carboxylic acids is 1. The largest absolute Gasteiger partial charge is 0.457 e. The Morgan fingerprint density at radius 1 is 1.29 bits per heavy atom. The average molecular weight is 477 g/mol. The summed E-state index contributed by atoms with van der Waals surface area (Å²) in [6.45, 7) is 7.20. The van der Waals surface area contributed by atoms with Crippen molar-refractivity contribution >= 4 is 52.3 Å². The van der Waals surface area contributed by atoms with Crippen molar-refractivity contribution in [3.63, 3.8) is 0 Å². The van der Waals surface area contributed by atoms with Crippen LogP contribution in [0.5, 0.6) is 5.75 Å². The molecule has 0 amide bonds. The molecule has 0 spiro atoms. The summed E-state index contributed by atoms with van der Waals surface area (Å²) in [7, 11) is 0. The fourth-order valence-electron chi connectivity index (χ4n) is 5.42. The van der Waals surface area contributed by atoms with Gasteiger partial charge in [0.2, 0.25) is 0 Å². The van der Waals surface area contributed by atoms with Crippen molar-refractivity contribution in [2.75, 3.05) is 4.90 Å². The number of hydrogen-bond acceptors (Lipinski definition) is 5. The van der Waals surface area contributed by atoms with Crippen LogP contribution in [0.1, 0.15) is 49.7 Å². The second kappa shape index (κ2) is 7.06. The van der Waals surface area contributed by atoms with Crippen molar-refractivity contribution < 1.29 is 14.3 Å². The summed E-state index contributed by atoms with van der Waals surface area (Å²) < 4.78 is 11.6. The second-order valence-electron chi connectivity index (χ2n) is 9.34. The van der Waals surface area contributed by atoms with Gasteiger partial charge in [-0.05, 0) is 54.7 Å². The Labute approximate surface area is 196 Å². The van der Waals surface area contributed by atoms with E-state index in [9.17, 15) is 4.79 Å². The first-order chi connectivity index (χ1) is 14.6. The lowest BCUT2D eigenvalue weighted by Crippen LogP contribution is -2.60. The Balaban J connectivity index is 1.31. The number of aromatic nitrogens is 1. The van der Waals surface area contributed by atoms with E-state index in [1.165, 1.54) is 0 Å². The predicted molar refractivity (Wildman–Crippen MR) is 124 cm³/mol. The smallest absolute Gasteiger partial charge is 0.357 e. The van der Waals surface area contributed by atoms with Crippen LogP contribution in [-0.2, 0) is 11.3 Å². The fourth-order valence-corrected chi connectivity index (χ4v) is 6.25. The van der Waals surface area contributed by atoms with Gasteiger partial charge in [-0.2, -0.15) is 0 Å². The van der Waals surface area contributed by atoms with Gasteiger partial charge in [0.05, 0.1) is 23.5 Å². The molecule has 6 rings (SSSR count). The van der Waals surface area contributed by atoms with Gasteiger partial charge < -0.3 is 9.47 Å². The number of esters is 1. The van der Waals surface area contributed by atoms with E-state index in [4.69, 9.17) is 44.9 Å². The van der Waals surface area contributed by atoms with Gasteiger partial charge in [-0.25, -0.2) is 9.78 Å². The molecule has 0 saturated heterocycles. The molecule has 3 saturated carbocycles. The highest BCUT2D eigenvalue weighted by Crippen LogP contribution is 2.71. The Kier molecular flexibility index (Phi) is 4.78. The van der Waals surface area contributed by atoms with Gasteiger partial charge in [0.25, 0.3) is 5.17 Å². The second-order valence-corrected chi connectivity index (χ2v) is 10.5. The number of ether oxygens (including phenoxy) is 2. The third kappa shape index (κ3) is 3.06. The van der Waals surface area contributed by atoms with Crippen molar-refractivity contribution in [2.45, 2.75) is 46.3 Å². The number of nitrogens with zero attached hydrogens (tertiary/aromatic N) is 2. The number of halogens is 2. The highest BCUT2D eigenvalue weighted by Gasteiger charge is 2.70. The molecule has 4 aliphatic rings. The summed E-state index contributed by atoms with van der Waals surface area (Å²) in [6.07, 6.45) is 3.77. The Hall–Kier alpha value is -1.89. The number of benzene rings is 1. The molecule has 0 N–H and O–H groups in total. The van der Waals surface area contributed by atoms with Gasteiger partial charge in [0.15, 0.2) is 5.75 Å². The standard InChI is InChI=1S/C23H22Cl2N2O3S/c1-22(2)15-6-7-23(22,3)19(15)30-20(28)17-5-4-14(10-26-17)27-11-12-8-13(24)9-16(25)18(12)29-21(27)31/h4-5,8-10,15,19H,6-7,11H2,1-3H3/t15?,19-,23?/m0/s1. The summed E-state index contributed by atoms with van der Waals surface area (Å²) in [5.74, 6) is 0.556. The number of carbonyl (C=O) groups is 1. The first-order valence-corrected chi connectivity index (χ1v) is 11.4. The lowest BCUT2D eigenvalue weighted by Gasteiger charge is -2.58. The van der Waals surface area contributed by atoms with Crippen LogP contribution in [0.3, 0.4) is 0 Å². The summed E-state index contributed by atoms with van der Waals surface area (Å²) in [4.78, 5) is 18.8.